The van der Waals surface area contributed by atoms with E-state index in [4.69, 9.17) is 21.1 Å². The van der Waals surface area contributed by atoms with Crippen LogP contribution in [0.15, 0.2) is 67.0 Å². The third-order valence-electron chi connectivity index (χ3n) is 5.44. The Morgan fingerprint density at radius 3 is 2.56 bits per heavy atom. The molecule has 4 rings (SSSR count). The fourth-order valence-corrected chi connectivity index (χ4v) is 4.02. The van der Waals surface area contributed by atoms with Gasteiger partial charge < -0.3 is 14.8 Å². The van der Waals surface area contributed by atoms with Gasteiger partial charge in [-0.25, -0.2) is 14.4 Å². The Bertz CT molecular complexity index is 1400. The van der Waals surface area contributed by atoms with Crippen LogP contribution in [0.3, 0.4) is 0 Å². The molecule has 0 amide bonds. The second-order valence-electron chi connectivity index (χ2n) is 9.64. The summed E-state index contributed by atoms with van der Waals surface area (Å²) < 4.78 is 26.5. The summed E-state index contributed by atoms with van der Waals surface area (Å²) in [6.07, 6.45) is 6.03. The molecule has 1 aromatic heterocycles. The normalized spacial score (nSPS) is 11.7. The van der Waals surface area contributed by atoms with Gasteiger partial charge in [0.1, 0.15) is 35.2 Å². The Morgan fingerprint density at radius 1 is 1.03 bits per heavy atom. The summed E-state index contributed by atoms with van der Waals surface area (Å²) in [6, 6.07) is 16.3. The molecule has 7 heteroatoms. The van der Waals surface area contributed by atoms with E-state index in [0.717, 1.165) is 17.4 Å². The van der Waals surface area contributed by atoms with Crippen LogP contribution in [0.2, 0.25) is 0 Å². The van der Waals surface area contributed by atoms with Gasteiger partial charge in [-0.05, 0) is 47.7 Å². The number of anilines is 2. The molecular formula is C29H29ClFN3O2. The lowest BCUT2D eigenvalue weighted by Gasteiger charge is -2.18. The molecule has 4 aromatic rings. The minimum atomic E-state index is -0.458. The van der Waals surface area contributed by atoms with Gasteiger partial charge in [-0.15, -0.1) is 11.6 Å². The zero-order chi connectivity index (χ0) is 25.7. The van der Waals surface area contributed by atoms with Crippen LogP contribution in [0, 0.1) is 11.2 Å². The molecular weight excluding hydrogens is 477 g/mol. The number of methoxy groups -OCH3 is 1. The average Bonchev–Trinajstić information content (AvgIpc) is 2.83. The number of nitrogens with one attached hydrogen (secondary N) is 1. The Morgan fingerprint density at radius 2 is 1.83 bits per heavy atom. The first-order chi connectivity index (χ1) is 17.3. The number of rotatable bonds is 8. The number of alkyl halides is 1. The standard InChI is InChI=1S/C29H29ClFN3O2/c1-29(2,3)17-19-7-5-9-21(13-19)36-22-10-11-25(24(31)15-22)34-28-23-14-20(8-6-12-30)27(35-4)16-26(23)32-18-33-28/h5-11,13-16,18H,12,17H2,1-4H3,(H,32,33,34)/b8-6+. The van der Waals surface area contributed by atoms with Crippen molar-refractivity contribution >= 4 is 40.1 Å². The van der Waals surface area contributed by atoms with Crippen molar-refractivity contribution < 1.29 is 13.9 Å². The third kappa shape index (κ3) is 6.32. The van der Waals surface area contributed by atoms with Crippen molar-refractivity contribution in [1.82, 2.24) is 9.97 Å². The van der Waals surface area contributed by atoms with E-state index in [1.54, 1.807) is 19.2 Å². The second kappa shape index (κ2) is 11.0. The van der Waals surface area contributed by atoms with Crippen LogP contribution in [-0.2, 0) is 6.42 Å². The Balaban J connectivity index is 1.58. The highest BCUT2D eigenvalue weighted by molar-refractivity contribution is 6.19. The molecule has 186 valence electrons. The number of nitrogens with zero attached hydrogens (tertiary/aromatic N) is 2. The minimum Gasteiger partial charge on any atom is -0.496 e. The predicted octanol–water partition coefficient (Wildman–Crippen LogP) is 8.15. The lowest BCUT2D eigenvalue weighted by atomic mass is 9.88. The van der Waals surface area contributed by atoms with Crippen LogP contribution >= 0.6 is 11.6 Å². The molecule has 1 heterocycles. The first kappa shape index (κ1) is 25.5. The van der Waals surface area contributed by atoms with E-state index in [1.807, 2.05) is 42.5 Å². The number of ether oxygens (including phenoxy) is 2. The lowest BCUT2D eigenvalue weighted by molar-refractivity contribution is 0.409. The smallest absolute Gasteiger partial charge is 0.150 e. The number of benzene rings is 3. The highest BCUT2D eigenvalue weighted by Crippen LogP contribution is 2.33. The molecule has 0 saturated carbocycles. The van der Waals surface area contributed by atoms with Crippen molar-refractivity contribution in [2.45, 2.75) is 27.2 Å². The van der Waals surface area contributed by atoms with Crippen molar-refractivity contribution in [2.24, 2.45) is 5.41 Å². The molecule has 1 N–H and O–H groups in total. The molecule has 0 radical (unpaired) electrons. The van der Waals surface area contributed by atoms with Gasteiger partial charge in [0.15, 0.2) is 0 Å². The molecule has 0 atom stereocenters. The SMILES string of the molecule is COc1cc2ncnc(Nc3ccc(Oc4cccc(CC(C)(C)C)c4)cc3F)c2cc1/C=C/CCl. The largest absolute Gasteiger partial charge is 0.496 e. The zero-order valence-corrected chi connectivity index (χ0v) is 21.6. The van der Waals surface area contributed by atoms with Crippen LogP contribution in [0.1, 0.15) is 31.9 Å². The summed E-state index contributed by atoms with van der Waals surface area (Å²) in [4.78, 5) is 8.67. The molecule has 3 aromatic carbocycles. The van der Waals surface area contributed by atoms with Crippen LogP contribution in [0.25, 0.3) is 17.0 Å². The van der Waals surface area contributed by atoms with Crippen LogP contribution in [0.4, 0.5) is 15.9 Å². The maximum atomic E-state index is 15.1. The maximum absolute atomic E-state index is 15.1. The molecule has 0 spiro atoms. The third-order valence-corrected chi connectivity index (χ3v) is 5.61. The molecule has 0 bridgehead atoms. The van der Waals surface area contributed by atoms with Gasteiger partial charge in [0.25, 0.3) is 0 Å². The number of halogens is 2. The highest BCUT2D eigenvalue weighted by atomic mass is 35.5. The quantitative estimate of drug-likeness (QED) is 0.245. The van der Waals surface area contributed by atoms with Crippen molar-refractivity contribution in [3.05, 3.63) is 83.9 Å². The first-order valence-electron chi connectivity index (χ1n) is 11.6. The average molecular weight is 506 g/mol. The predicted molar refractivity (Wildman–Crippen MR) is 145 cm³/mol. The Labute approximate surface area is 216 Å². The number of fused-ring (bicyclic) bond motifs is 1. The topological polar surface area (TPSA) is 56.3 Å². The van der Waals surface area contributed by atoms with Crippen molar-refractivity contribution in [3.63, 3.8) is 0 Å². The number of hydrogen-bond donors (Lipinski definition) is 1. The summed E-state index contributed by atoms with van der Waals surface area (Å²) in [5.74, 6) is 2.14. The summed E-state index contributed by atoms with van der Waals surface area (Å²) in [6.45, 7) is 6.57. The Hall–Kier alpha value is -3.64. The number of aromatic nitrogens is 2. The molecule has 0 saturated heterocycles. The molecule has 0 aliphatic heterocycles. The van der Waals surface area contributed by atoms with E-state index in [2.05, 4.69) is 42.1 Å². The van der Waals surface area contributed by atoms with Crippen molar-refractivity contribution in [2.75, 3.05) is 18.3 Å². The fourth-order valence-electron chi connectivity index (χ4n) is 3.93. The zero-order valence-electron chi connectivity index (χ0n) is 20.8. The van der Waals surface area contributed by atoms with E-state index in [0.29, 0.717) is 34.5 Å². The molecule has 0 fully saturated rings. The van der Waals surface area contributed by atoms with Gasteiger partial charge in [0.05, 0.1) is 18.3 Å². The van der Waals surface area contributed by atoms with Crippen molar-refractivity contribution in [1.29, 1.82) is 0 Å². The summed E-state index contributed by atoms with van der Waals surface area (Å²) >= 11 is 5.80. The molecule has 0 unspecified atom stereocenters. The molecule has 36 heavy (non-hydrogen) atoms. The van der Waals surface area contributed by atoms with Crippen molar-refractivity contribution in [3.8, 4) is 17.2 Å². The van der Waals surface area contributed by atoms with Crippen LogP contribution in [0.5, 0.6) is 17.2 Å². The van der Waals surface area contributed by atoms with E-state index in [1.165, 1.54) is 18.0 Å². The van der Waals surface area contributed by atoms with E-state index >= 15 is 4.39 Å². The summed E-state index contributed by atoms with van der Waals surface area (Å²) in [5.41, 5.74) is 3.10. The summed E-state index contributed by atoms with van der Waals surface area (Å²) in [5, 5.41) is 3.81. The second-order valence-corrected chi connectivity index (χ2v) is 9.95. The fraction of sp³-hybridized carbons (Fsp3) is 0.241. The number of hydrogen-bond acceptors (Lipinski definition) is 5. The van der Waals surface area contributed by atoms with Gasteiger partial charge in [-0.3, -0.25) is 0 Å². The monoisotopic (exact) mass is 505 g/mol. The van der Waals surface area contributed by atoms with Crippen LogP contribution < -0.4 is 14.8 Å². The van der Waals surface area contributed by atoms with Crippen LogP contribution in [-0.4, -0.2) is 23.0 Å². The minimum absolute atomic E-state index is 0.162. The highest BCUT2D eigenvalue weighted by Gasteiger charge is 2.14. The van der Waals surface area contributed by atoms with E-state index in [9.17, 15) is 0 Å². The molecule has 0 aliphatic carbocycles. The van der Waals surface area contributed by atoms with Gasteiger partial charge in [0.2, 0.25) is 0 Å². The van der Waals surface area contributed by atoms with E-state index in [-0.39, 0.29) is 11.1 Å². The molecule has 5 nitrogen and oxygen atoms in total. The van der Waals surface area contributed by atoms with Gasteiger partial charge >= 0.3 is 0 Å². The van der Waals surface area contributed by atoms with Gasteiger partial charge in [-0.1, -0.05) is 45.1 Å². The van der Waals surface area contributed by atoms with Gasteiger partial charge in [0, 0.05) is 29.0 Å². The van der Waals surface area contributed by atoms with Gasteiger partial charge in [-0.2, -0.15) is 0 Å². The lowest BCUT2D eigenvalue weighted by Crippen LogP contribution is -2.08. The first-order valence-corrected chi connectivity index (χ1v) is 12.2. The summed E-state index contributed by atoms with van der Waals surface area (Å²) in [7, 11) is 1.60. The number of allylic oxidation sites excluding steroid dienone is 1. The molecule has 0 aliphatic rings. The van der Waals surface area contributed by atoms with E-state index < -0.39 is 5.82 Å². The Kier molecular flexibility index (Phi) is 7.75. The maximum Gasteiger partial charge on any atom is 0.150 e.